The van der Waals surface area contributed by atoms with Crippen LogP contribution in [0.1, 0.15) is 18.9 Å². The van der Waals surface area contributed by atoms with Crippen molar-refractivity contribution in [2.45, 2.75) is 26.4 Å². The molecule has 0 heterocycles. The zero-order chi connectivity index (χ0) is 12.7. The molecule has 4 heteroatoms. The Morgan fingerprint density at radius 1 is 1.53 bits per heavy atom. The van der Waals surface area contributed by atoms with E-state index in [1.165, 1.54) is 0 Å². The van der Waals surface area contributed by atoms with E-state index in [2.05, 4.69) is 5.32 Å². The topological polar surface area (TPSA) is 64.4 Å². The Kier molecular flexibility index (Phi) is 5.49. The molecule has 17 heavy (non-hydrogen) atoms. The Hall–Kier alpha value is -1.55. The molecule has 0 aliphatic carbocycles. The van der Waals surface area contributed by atoms with Crippen molar-refractivity contribution < 1.29 is 9.53 Å². The molecular formula is C13H20N2O2. The van der Waals surface area contributed by atoms with Gasteiger partial charge >= 0.3 is 0 Å². The Morgan fingerprint density at radius 3 is 2.88 bits per heavy atom. The highest BCUT2D eigenvalue weighted by Crippen LogP contribution is 2.14. The molecule has 1 amide bonds. The van der Waals surface area contributed by atoms with Gasteiger partial charge in [0.1, 0.15) is 11.9 Å². The second kappa shape index (κ2) is 6.91. The fourth-order valence-electron chi connectivity index (χ4n) is 1.45. The lowest BCUT2D eigenvalue weighted by Crippen LogP contribution is -2.38. The standard InChI is InChI=1S/C13H20N2O2/c1-3-11(9-15-13(16)8-14)17-12-6-4-5-10(2)7-12/h4-7,11H,3,8-9,14H2,1-2H3,(H,15,16). The van der Waals surface area contributed by atoms with E-state index >= 15 is 0 Å². The third-order valence-electron chi connectivity index (χ3n) is 2.46. The van der Waals surface area contributed by atoms with Gasteiger partial charge < -0.3 is 15.8 Å². The molecule has 1 unspecified atom stereocenters. The summed E-state index contributed by atoms with van der Waals surface area (Å²) < 4.78 is 5.78. The zero-order valence-electron chi connectivity index (χ0n) is 10.4. The number of hydrogen-bond acceptors (Lipinski definition) is 3. The number of nitrogens with one attached hydrogen (secondary N) is 1. The van der Waals surface area contributed by atoms with Crippen LogP contribution in [0.25, 0.3) is 0 Å². The van der Waals surface area contributed by atoms with Gasteiger partial charge in [-0.2, -0.15) is 0 Å². The van der Waals surface area contributed by atoms with E-state index in [-0.39, 0.29) is 18.6 Å². The average Bonchev–Trinajstić information content (AvgIpc) is 2.34. The van der Waals surface area contributed by atoms with Crippen LogP contribution in [-0.4, -0.2) is 25.1 Å². The van der Waals surface area contributed by atoms with E-state index in [1.807, 2.05) is 38.1 Å². The second-order valence-corrected chi connectivity index (χ2v) is 3.97. The van der Waals surface area contributed by atoms with Gasteiger partial charge in [0.2, 0.25) is 5.91 Å². The molecule has 1 aromatic carbocycles. The smallest absolute Gasteiger partial charge is 0.233 e. The van der Waals surface area contributed by atoms with Crippen LogP contribution in [0.4, 0.5) is 0 Å². The van der Waals surface area contributed by atoms with Crippen molar-refractivity contribution in [2.24, 2.45) is 5.73 Å². The predicted octanol–water partition coefficient (Wildman–Crippen LogP) is 1.23. The van der Waals surface area contributed by atoms with Crippen molar-refractivity contribution >= 4 is 5.91 Å². The van der Waals surface area contributed by atoms with Crippen molar-refractivity contribution in [1.82, 2.24) is 5.32 Å². The number of carbonyl (C=O) groups is 1. The molecule has 1 rings (SSSR count). The maximum atomic E-state index is 11.0. The minimum Gasteiger partial charge on any atom is -0.489 e. The Bertz CT molecular complexity index is 366. The number of carbonyl (C=O) groups excluding carboxylic acids is 1. The van der Waals surface area contributed by atoms with Gasteiger partial charge in [0, 0.05) is 0 Å². The largest absolute Gasteiger partial charge is 0.489 e. The number of nitrogens with two attached hydrogens (primary N) is 1. The van der Waals surface area contributed by atoms with Crippen molar-refractivity contribution in [3.63, 3.8) is 0 Å². The summed E-state index contributed by atoms with van der Waals surface area (Å²) in [6.07, 6.45) is 0.811. The first kappa shape index (κ1) is 13.5. The molecule has 0 fully saturated rings. The molecule has 0 bridgehead atoms. The highest BCUT2D eigenvalue weighted by atomic mass is 16.5. The van der Waals surface area contributed by atoms with Gasteiger partial charge in [-0.3, -0.25) is 4.79 Å². The van der Waals surface area contributed by atoms with Gasteiger partial charge in [-0.1, -0.05) is 19.1 Å². The monoisotopic (exact) mass is 236 g/mol. The number of amides is 1. The van der Waals surface area contributed by atoms with Gasteiger partial charge in [0.25, 0.3) is 0 Å². The van der Waals surface area contributed by atoms with Crippen LogP contribution in [0.3, 0.4) is 0 Å². The van der Waals surface area contributed by atoms with E-state index in [4.69, 9.17) is 10.5 Å². The minimum absolute atomic E-state index is 0.0148. The summed E-state index contributed by atoms with van der Waals surface area (Å²) in [5.74, 6) is 0.676. The fourth-order valence-corrected chi connectivity index (χ4v) is 1.45. The summed E-state index contributed by atoms with van der Waals surface area (Å²) >= 11 is 0. The molecule has 0 aliphatic heterocycles. The third-order valence-corrected chi connectivity index (χ3v) is 2.46. The summed E-state index contributed by atoms with van der Waals surface area (Å²) in [6.45, 7) is 4.54. The minimum atomic E-state index is -0.156. The highest BCUT2D eigenvalue weighted by molar-refractivity contribution is 5.77. The highest BCUT2D eigenvalue weighted by Gasteiger charge is 2.09. The second-order valence-electron chi connectivity index (χ2n) is 3.97. The molecular weight excluding hydrogens is 216 g/mol. The van der Waals surface area contributed by atoms with E-state index in [0.717, 1.165) is 17.7 Å². The first-order valence-electron chi connectivity index (χ1n) is 5.85. The lowest BCUT2D eigenvalue weighted by atomic mass is 10.2. The lowest BCUT2D eigenvalue weighted by molar-refractivity contribution is -0.120. The molecule has 3 N–H and O–H groups in total. The van der Waals surface area contributed by atoms with Gasteiger partial charge in [-0.05, 0) is 31.0 Å². The summed E-state index contributed by atoms with van der Waals surface area (Å²) in [6, 6.07) is 7.87. The van der Waals surface area contributed by atoms with Crippen LogP contribution in [0.2, 0.25) is 0 Å². The Labute approximate surface area is 102 Å². The van der Waals surface area contributed by atoms with Gasteiger partial charge in [-0.15, -0.1) is 0 Å². The van der Waals surface area contributed by atoms with Gasteiger partial charge in [0.15, 0.2) is 0 Å². The fraction of sp³-hybridized carbons (Fsp3) is 0.462. The first-order valence-corrected chi connectivity index (χ1v) is 5.85. The van der Waals surface area contributed by atoms with E-state index < -0.39 is 0 Å². The number of benzene rings is 1. The Balaban J connectivity index is 2.49. The van der Waals surface area contributed by atoms with Crippen LogP contribution in [0, 0.1) is 6.92 Å². The molecule has 0 spiro atoms. The van der Waals surface area contributed by atoms with E-state index in [0.29, 0.717) is 6.54 Å². The normalized spacial score (nSPS) is 11.9. The average molecular weight is 236 g/mol. The SMILES string of the molecule is CCC(CNC(=O)CN)Oc1cccc(C)c1. The van der Waals surface area contributed by atoms with E-state index in [9.17, 15) is 4.79 Å². The summed E-state index contributed by atoms with van der Waals surface area (Å²) in [4.78, 5) is 11.0. The van der Waals surface area contributed by atoms with Crippen LogP contribution < -0.4 is 15.8 Å². The molecule has 0 saturated heterocycles. The van der Waals surface area contributed by atoms with Crippen molar-refractivity contribution in [3.8, 4) is 5.75 Å². The number of aryl methyl sites for hydroxylation is 1. The van der Waals surface area contributed by atoms with E-state index in [1.54, 1.807) is 0 Å². The number of hydrogen-bond donors (Lipinski definition) is 2. The maximum Gasteiger partial charge on any atom is 0.233 e. The molecule has 4 nitrogen and oxygen atoms in total. The van der Waals surface area contributed by atoms with Crippen LogP contribution in [-0.2, 0) is 4.79 Å². The quantitative estimate of drug-likeness (QED) is 0.780. The molecule has 1 atom stereocenters. The van der Waals surface area contributed by atoms with Crippen LogP contribution in [0.15, 0.2) is 24.3 Å². The lowest BCUT2D eigenvalue weighted by Gasteiger charge is -2.18. The molecule has 0 saturated carbocycles. The molecule has 0 aromatic heterocycles. The molecule has 1 aromatic rings. The molecule has 94 valence electrons. The van der Waals surface area contributed by atoms with Crippen LogP contribution >= 0.6 is 0 Å². The first-order chi connectivity index (χ1) is 8.15. The summed E-state index contributed by atoms with van der Waals surface area (Å²) in [5.41, 5.74) is 6.38. The van der Waals surface area contributed by atoms with Gasteiger partial charge in [0.05, 0.1) is 13.1 Å². The zero-order valence-corrected chi connectivity index (χ0v) is 10.4. The Morgan fingerprint density at radius 2 is 2.29 bits per heavy atom. The van der Waals surface area contributed by atoms with Crippen molar-refractivity contribution in [3.05, 3.63) is 29.8 Å². The summed E-state index contributed by atoms with van der Waals surface area (Å²) in [5, 5.41) is 2.73. The number of ether oxygens (including phenoxy) is 1. The van der Waals surface area contributed by atoms with Crippen LogP contribution in [0.5, 0.6) is 5.75 Å². The number of rotatable bonds is 6. The molecule has 0 radical (unpaired) electrons. The van der Waals surface area contributed by atoms with Crippen molar-refractivity contribution in [2.75, 3.05) is 13.1 Å². The van der Waals surface area contributed by atoms with Gasteiger partial charge in [-0.25, -0.2) is 0 Å². The maximum absolute atomic E-state index is 11.0. The predicted molar refractivity (Wildman–Crippen MR) is 68.0 cm³/mol. The van der Waals surface area contributed by atoms with Crippen molar-refractivity contribution in [1.29, 1.82) is 0 Å². The molecule has 0 aliphatic rings. The third kappa shape index (κ3) is 4.87. The summed E-state index contributed by atoms with van der Waals surface area (Å²) in [7, 11) is 0.